The van der Waals surface area contributed by atoms with Gasteiger partial charge in [-0.1, -0.05) is 6.07 Å². The first-order chi connectivity index (χ1) is 12.7. The molecule has 0 amide bonds. The van der Waals surface area contributed by atoms with E-state index < -0.39 is 0 Å². The Morgan fingerprint density at radius 2 is 2.04 bits per heavy atom. The van der Waals surface area contributed by atoms with Crippen molar-refractivity contribution in [3.8, 4) is 11.5 Å². The van der Waals surface area contributed by atoms with Gasteiger partial charge in [-0.2, -0.15) is 5.10 Å². The van der Waals surface area contributed by atoms with Gasteiger partial charge in [0.15, 0.2) is 11.5 Å². The molecule has 1 aromatic heterocycles. The second kappa shape index (κ2) is 8.74. The maximum absolute atomic E-state index is 12.0. The molecule has 0 bridgehead atoms. The average Bonchev–Trinajstić information content (AvgIpc) is 3.32. The third-order valence-corrected chi connectivity index (χ3v) is 4.70. The number of methoxy groups -OCH3 is 1. The summed E-state index contributed by atoms with van der Waals surface area (Å²) in [5, 5.41) is 6.89. The molecule has 1 N–H and O–H groups in total. The maximum Gasteiger partial charge on any atom is 0.341 e. The number of hydrogen-bond donors (Lipinski definition) is 1. The molecule has 6 heteroatoms. The zero-order chi connectivity index (χ0) is 18.4. The molecule has 6 nitrogen and oxygen atoms in total. The van der Waals surface area contributed by atoms with Gasteiger partial charge in [0.2, 0.25) is 0 Å². The Morgan fingerprint density at radius 3 is 2.77 bits per heavy atom. The number of nitrogens with zero attached hydrogens (tertiary/aromatic N) is 1. The lowest BCUT2D eigenvalue weighted by atomic mass is 10.1. The molecule has 0 atom stereocenters. The van der Waals surface area contributed by atoms with E-state index in [9.17, 15) is 4.79 Å². The highest BCUT2D eigenvalue weighted by Crippen LogP contribution is 2.32. The van der Waals surface area contributed by atoms with Gasteiger partial charge in [-0.3, -0.25) is 5.10 Å². The Hall–Kier alpha value is -2.50. The number of aryl methyl sites for hydroxylation is 2. The summed E-state index contributed by atoms with van der Waals surface area (Å²) >= 11 is 0. The summed E-state index contributed by atoms with van der Waals surface area (Å²) in [6.07, 6.45) is 7.89. The van der Waals surface area contributed by atoms with Crippen LogP contribution in [0.25, 0.3) is 0 Å². The van der Waals surface area contributed by atoms with Crippen LogP contribution >= 0.6 is 0 Å². The monoisotopic (exact) mass is 358 g/mol. The summed E-state index contributed by atoms with van der Waals surface area (Å²) < 4.78 is 16.7. The van der Waals surface area contributed by atoms with E-state index in [4.69, 9.17) is 14.2 Å². The molecular formula is C20H26N2O4. The maximum atomic E-state index is 12.0. The highest BCUT2D eigenvalue weighted by molar-refractivity contribution is 5.90. The topological polar surface area (TPSA) is 73.4 Å². The minimum Gasteiger partial charge on any atom is -0.493 e. The third kappa shape index (κ3) is 4.36. The zero-order valence-corrected chi connectivity index (χ0v) is 15.4. The molecule has 1 aliphatic carbocycles. The van der Waals surface area contributed by atoms with Crippen LogP contribution in [0, 0.1) is 0 Å². The zero-order valence-electron chi connectivity index (χ0n) is 15.4. The fourth-order valence-electron chi connectivity index (χ4n) is 3.31. The molecule has 1 aromatic carbocycles. The summed E-state index contributed by atoms with van der Waals surface area (Å²) in [5.41, 5.74) is 2.42. The number of aromatic amines is 1. The molecule has 0 saturated heterocycles. The smallest absolute Gasteiger partial charge is 0.341 e. The summed E-state index contributed by atoms with van der Waals surface area (Å²) in [6.45, 7) is 2.14. The van der Waals surface area contributed by atoms with Crippen molar-refractivity contribution >= 4 is 5.97 Å². The molecule has 1 fully saturated rings. The van der Waals surface area contributed by atoms with E-state index in [0.717, 1.165) is 42.0 Å². The minimum absolute atomic E-state index is 0.280. The van der Waals surface area contributed by atoms with Crippen LogP contribution in [0.4, 0.5) is 0 Å². The Morgan fingerprint density at radius 1 is 1.23 bits per heavy atom. The number of rotatable bonds is 8. The molecule has 0 aliphatic heterocycles. The van der Waals surface area contributed by atoms with Gasteiger partial charge in [-0.05, 0) is 63.1 Å². The van der Waals surface area contributed by atoms with Crippen LogP contribution < -0.4 is 9.47 Å². The molecule has 0 spiro atoms. The SMILES string of the molecule is CCOC(=O)c1cn[nH]c1CCc1ccc(OC)c(OC2CCCC2)c1. The van der Waals surface area contributed by atoms with Crippen LogP contribution in [0.2, 0.25) is 0 Å². The van der Waals surface area contributed by atoms with Crippen molar-refractivity contribution in [2.75, 3.05) is 13.7 Å². The number of carbonyl (C=O) groups excluding carboxylic acids is 1. The van der Waals surface area contributed by atoms with Crippen molar-refractivity contribution in [3.63, 3.8) is 0 Å². The van der Waals surface area contributed by atoms with E-state index >= 15 is 0 Å². The van der Waals surface area contributed by atoms with Crippen LogP contribution in [0.5, 0.6) is 11.5 Å². The third-order valence-electron chi connectivity index (χ3n) is 4.70. The van der Waals surface area contributed by atoms with E-state index in [2.05, 4.69) is 10.2 Å². The lowest BCUT2D eigenvalue weighted by Gasteiger charge is -2.17. The lowest BCUT2D eigenvalue weighted by molar-refractivity contribution is 0.0525. The van der Waals surface area contributed by atoms with Crippen LogP contribution in [0.3, 0.4) is 0 Å². The summed E-state index contributed by atoms with van der Waals surface area (Å²) in [5.74, 6) is 1.22. The van der Waals surface area contributed by atoms with Gasteiger partial charge in [0, 0.05) is 0 Å². The van der Waals surface area contributed by atoms with Crippen LogP contribution in [-0.4, -0.2) is 36.0 Å². The highest BCUT2D eigenvalue weighted by atomic mass is 16.5. The van der Waals surface area contributed by atoms with E-state index in [-0.39, 0.29) is 12.1 Å². The number of esters is 1. The van der Waals surface area contributed by atoms with E-state index in [1.165, 1.54) is 19.0 Å². The predicted molar refractivity (Wildman–Crippen MR) is 97.8 cm³/mol. The van der Waals surface area contributed by atoms with Gasteiger partial charge >= 0.3 is 5.97 Å². The molecule has 3 rings (SSSR count). The van der Waals surface area contributed by atoms with Gasteiger partial charge in [0.1, 0.15) is 5.56 Å². The first-order valence-electron chi connectivity index (χ1n) is 9.24. The fourth-order valence-corrected chi connectivity index (χ4v) is 3.31. The number of ether oxygens (including phenoxy) is 3. The average molecular weight is 358 g/mol. The van der Waals surface area contributed by atoms with Crippen molar-refractivity contribution in [2.45, 2.75) is 51.6 Å². The van der Waals surface area contributed by atoms with Crippen molar-refractivity contribution in [2.24, 2.45) is 0 Å². The Bertz CT molecular complexity index is 735. The van der Waals surface area contributed by atoms with Gasteiger partial charge in [0.25, 0.3) is 0 Å². The molecule has 2 aromatic rings. The number of aromatic nitrogens is 2. The fraction of sp³-hybridized carbons (Fsp3) is 0.500. The Kier molecular flexibility index (Phi) is 6.15. The Balaban J connectivity index is 1.68. The Labute approximate surface area is 153 Å². The predicted octanol–water partition coefficient (Wildman–Crippen LogP) is 3.70. The second-order valence-corrected chi connectivity index (χ2v) is 6.49. The van der Waals surface area contributed by atoms with E-state index in [1.807, 2.05) is 18.2 Å². The first kappa shape index (κ1) is 18.3. The molecule has 1 heterocycles. The summed E-state index contributed by atoms with van der Waals surface area (Å²) in [7, 11) is 1.66. The highest BCUT2D eigenvalue weighted by Gasteiger charge is 2.19. The molecule has 0 unspecified atom stereocenters. The lowest BCUT2D eigenvalue weighted by Crippen LogP contribution is -2.12. The van der Waals surface area contributed by atoms with Crippen molar-refractivity contribution < 1.29 is 19.0 Å². The standard InChI is InChI=1S/C20H26N2O4/c1-3-25-20(23)16-13-21-22-17(16)10-8-14-9-11-18(24-2)19(12-14)26-15-6-4-5-7-15/h9,11-13,15H,3-8,10H2,1-2H3,(H,21,22). The van der Waals surface area contributed by atoms with Gasteiger partial charge < -0.3 is 14.2 Å². The molecule has 1 saturated carbocycles. The van der Waals surface area contributed by atoms with E-state index in [1.54, 1.807) is 14.0 Å². The molecule has 26 heavy (non-hydrogen) atoms. The minimum atomic E-state index is -0.337. The molecule has 0 radical (unpaired) electrons. The van der Waals surface area contributed by atoms with E-state index in [0.29, 0.717) is 18.6 Å². The van der Waals surface area contributed by atoms with Crippen LogP contribution in [-0.2, 0) is 17.6 Å². The van der Waals surface area contributed by atoms with Crippen molar-refractivity contribution in [1.29, 1.82) is 0 Å². The normalized spacial score (nSPS) is 14.4. The van der Waals surface area contributed by atoms with Crippen molar-refractivity contribution in [1.82, 2.24) is 10.2 Å². The van der Waals surface area contributed by atoms with Gasteiger partial charge in [0.05, 0.1) is 31.7 Å². The first-order valence-corrected chi connectivity index (χ1v) is 9.24. The van der Waals surface area contributed by atoms with Crippen LogP contribution in [0.1, 0.15) is 54.2 Å². The molecule has 1 aliphatic rings. The number of carbonyl (C=O) groups is 1. The number of benzene rings is 1. The summed E-state index contributed by atoms with van der Waals surface area (Å²) in [6, 6.07) is 6.01. The van der Waals surface area contributed by atoms with Crippen molar-refractivity contribution in [3.05, 3.63) is 41.2 Å². The second-order valence-electron chi connectivity index (χ2n) is 6.49. The quantitative estimate of drug-likeness (QED) is 0.728. The summed E-state index contributed by atoms with van der Waals surface area (Å²) in [4.78, 5) is 12.0. The number of hydrogen-bond acceptors (Lipinski definition) is 5. The molecule has 140 valence electrons. The number of nitrogens with one attached hydrogen (secondary N) is 1. The largest absolute Gasteiger partial charge is 0.493 e. The van der Waals surface area contributed by atoms with Gasteiger partial charge in [-0.15, -0.1) is 0 Å². The van der Waals surface area contributed by atoms with Gasteiger partial charge in [-0.25, -0.2) is 4.79 Å². The molecular weight excluding hydrogens is 332 g/mol. The van der Waals surface area contributed by atoms with Crippen LogP contribution in [0.15, 0.2) is 24.4 Å². The number of H-pyrrole nitrogens is 1.